The number of carboxylic acid groups (broad SMARTS) is 1. The smallest absolute Gasteiger partial charge is 0.306 e. The van der Waals surface area contributed by atoms with Crippen LogP contribution in [0.3, 0.4) is 0 Å². The zero-order valence-corrected chi connectivity index (χ0v) is 8.36. The number of hydrogen-bond acceptors (Lipinski definition) is 3. The summed E-state index contributed by atoms with van der Waals surface area (Å²) in [5, 5.41) is 8.62. The number of hydrogen-bond donors (Lipinski definition) is 1. The molecule has 1 N–H and O–H groups in total. The van der Waals surface area contributed by atoms with Gasteiger partial charge in [-0.2, -0.15) is 0 Å². The third-order valence-corrected chi connectivity index (χ3v) is 3.21. The Morgan fingerprint density at radius 2 is 2.29 bits per heavy atom. The van der Waals surface area contributed by atoms with Crippen molar-refractivity contribution < 1.29 is 19.4 Å². The molecule has 2 atom stereocenters. The van der Waals surface area contributed by atoms with E-state index in [-0.39, 0.29) is 12.5 Å². The topological polar surface area (TPSA) is 55.8 Å². The third-order valence-electron chi connectivity index (χ3n) is 3.21. The summed E-state index contributed by atoms with van der Waals surface area (Å²) in [7, 11) is 0. The second kappa shape index (κ2) is 3.51. The Kier molecular flexibility index (Phi) is 2.49. The van der Waals surface area contributed by atoms with Gasteiger partial charge in [-0.25, -0.2) is 0 Å². The van der Waals surface area contributed by atoms with E-state index in [9.17, 15) is 4.79 Å². The van der Waals surface area contributed by atoms with Crippen LogP contribution in [0.2, 0.25) is 0 Å². The summed E-state index contributed by atoms with van der Waals surface area (Å²) in [5.74, 6) is -0.879. The van der Waals surface area contributed by atoms with Gasteiger partial charge in [0.1, 0.15) is 0 Å². The van der Waals surface area contributed by atoms with Gasteiger partial charge in [-0.3, -0.25) is 4.79 Å². The van der Waals surface area contributed by atoms with Gasteiger partial charge in [-0.05, 0) is 19.8 Å². The average Bonchev–Trinajstić information content (AvgIpc) is 2.26. The minimum atomic E-state index is -0.823. The maximum atomic E-state index is 10.5. The van der Waals surface area contributed by atoms with Crippen LogP contribution in [0.25, 0.3) is 0 Å². The molecule has 0 spiro atoms. The fraction of sp³-hybridized carbons (Fsp3) is 0.900. The molecule has 2 unspecified atom stereocenters. The first kappa shape index (κ1) is 9.93. The standard InChI is InChI=1S/C10H16O4/c1-10(7-3-2-4-7)13-6-8(14-10)5-9(11)12/h7-8H,2-6H2,1H3,(H,11,12). The fourth-order valence-corrected chi connectivity index (χ4v) is 2.10. The molecule has 0 aromatic heterocycles. The van der Waals surface area contributed by atoms with Gasteiger partial charge in [0.15, 0.2) is 5.79 Å². The lowest BCUT2D eigenvalue weighted by Crippen LogP contribution is -2.40. The van der Waals surface area contributed by atoms with Crippen molar-refractivity contribution in [1.29, 1.82) is 0 Å². The third kappa shape index (κ3) is 1.77. The fourth-order valence-electron chi connectivity index (χ4n) is 2.10. The number of ether oxygens (including phenoxy) is 2. The maximum absolute atomic E-state index is 10.5. The Labute approximate surface area is 83.2 Å². The molecule has 1 saturated heterocycles. The Hall–Kier alpha value is -0.610. The van der Waals surface area contributed by atoms with Gasteiger partial charge in [-0.1, -0.05) is 6.42 Å². The summed E-state index contributed by atoms with van der Waals surface area (Å²) in [6.45, 7) is 2.35. The first-order valence-electron chi connectivity index (χ1n) is 5.14. The van der Waals surface area contributed by atoms with Crippen molar-refractivity contribution in [2.45, 2.75) is 44.5 Å². The lowest BCUT2D eigenvalue weighted by Gasteiger charge is -2.38. The van der Waals surface area contributed by atoms with Crippen LogP contribution in [0, 0.1) is 5.92 Å². The van der Waals surface area contributed by atoms with E-state index in [2.05, 4.69) is 0 Å². The van der Waals surface area contributed by atoms with E-state index in [0.717, 1.165) is 12.8 Å². The average molecular weight is 200 g/mol. The minimum Gasteiger partial charge on any atom is -0.481 e. The van der Waals surface area contributed by atoms with Crippen molar-refractivity contribution in [2.75, 3.05) is 6.61 Å². The zero-order valence-electron chi connectivity index (χ0n) is 8.36. The highest BCUT2D eigenvalue weighted by molar-refractivity contribution is 5.67. The summed E-state index contributed by atoms with van der Waals surface area (Å²) in [6, 6.07) is 0. The molecule has 14 heavy (non-hydrogen) atoms. The lowest BCUT2D eigenvalue weighted by molar-refractivity contribution is -0.208. The summed E-state index contributed by atoms with van der Waals surface area (Å²) in [5.41, 5.74) is 0. The van der Waals surface area contributed by atoms with Gasteiger partial charge in [0.2, 0.25) is 0 Å². The molecule has 1 saturated carbocycles. The van der Waals surface area contributed by atoms with E-state index < -0.39 is 11.8 Å². The molecule has 4 heteroatoms. The molecular formula is C10H16O4. The van der Waals surface area contributed by atoms with Crippen molar-refractivity contribution in [2.24, 2.45) is 5.92 Å². The van der Waals surface area contributed by atoms with Gasteiger partial charge in [0.05, 0.1) is 19.1 Å². The molecule has 80 valence electrons. The predicted molar refractivity (Wildman–Crippen MR) is 48.8 cm³/mol. The summed E-state index contributed by atoms with van der Waals surface area (Å²) in [6.07, 6.45) is 3.28. The van der Waals surface area contributed by atoms with Crippen LogP contribution in [0.15, 0.2) is 0 Å². The molecule has 4 nitrogen and oxygen atoms in total. The highest BCUT2D eigenvalue weighted by atomic mass is 16.7. The Balaban J connectivity index is 1.89. The van der Waals surface area contributed by atoms with Gasteiger partial charge in [0.25, 0.3) is 0 Å². The zero-order chi connectivity index (χ0) is 10.2. The van der Waals surface area contributed by atoms with Gasteiger partial charge in [-0.15, -0.1) is 0 Å². The predicted octanol–water partition coefficient (Wildman–Crippen LogP) is 1.39. The molecule has 0 aromatic carbocycles. The van der Waals surface area contributed by atoms with E-state index >= 15 is 0 Å². The van der Waals surface area contributed by atoms with Crippen LogP contribution < -0.4 is 0 Å². The molecule has 0 bridgehead atoms. The highest BCUT2D eigenvalue weighted by Crippen LogP contribution is 2.42. The molecule has 2 aliphatic rings. The second-order valence-electron chi connectivity index (χ2n) is 4.29. The van der Waals surface area contributed by atoms with Crippen LogP contribution in [0.5, 0.6) is 0 Å². The van der Waals surface area contributed by atoms with Crippen LogP contribution in [-0.4, -0.2) is 29.6 Å². The van der Waals surface area contributed by atoms with Crippen molar-refractivity contribution in [3.8, 4) is 0 Å². The quantitative estimate of drug-likeness (QED) is 0.748. The molecule has 2 rings (SSSR count). The van der Waals surface area contributed by atoms with Gasteiger partial charge in [0, 0.05) is 5.92 Å². The van der Waals surface area contributed by atoms with Crippen LogP contribution in [0.1, 0.15) is 32.6 Å². The van der Waals surface area contributed by atoms with Crippen molar-refractivity contribution >= 4 is 5.97 Å². The van der Waals surface area contributed by atoms with Crippen molar-refractivity contribution in [3.63, 3.8) is 0 Å². The Morgan fingerprint density at radius 3 is 2.79 bits per heavy atom. The summed E-state index contributed by atoms with van der Waals surface area (Å²) < 4.78 is 11.2. The van der Waals surface area contributed by atoms with E-state index in [4.69, 9.17) is 14.6 Å². The summed E-state index contributed by atoms with van der Waals surface area (Å²) in [4.78, 5) is 10.5. The van der Waals surface area contributed by atoms with E-state index in [1.807, 2.05) is 6.92 Å². The second-order valence-corrected chi connectivity index (χ2v) is 4.29. The van der Waals surface area contributed by atoms with Crippen molar-refractivity contribution in [1.82, 2.24) is 0 Å². The first-order valence-corrected chi connectivity index (χ1v) is 5.14. The van der Waals surface area contributed by atoms with Crippen LogP contribution in [0.4, 0.5) is 0 Å². The normalized spacial score (nSPS) is 38.2. The Bertz CT molecular complexity index is 236. The number of carboxylic acids is 1. The molecular weight excluding hydrogens is 184 g/mol. The first-order chi connectivity index (χ1) is 6.60. The van der Waals surface area contributed by atoms with Gasteiger partial charge < -0.3 is 14.6 Å². The molecule has 1 aliphatic carbocycles. The van der Waals surface area contributed by atoms with E-state index in [1.165, 1.54) is 6.42 Å². The number of carbonyl (C=O) groups is 1. The largest absolute Gasteiger partial charge is 0.481 e. The van der Waals surface area contributed by atoms with E-state index in [0.29, 0.717) is 12.5 Å². The van der Waals surface area contributed by atoms with Crippen molar-refractivity contribution in [3.05, 3.63) is 0 Å². The number of rotatable bonds is 3. The minimum absolute atomic E-state index is 0.0440. The lowest BCUT2D eigenvalue weighted by atomic mass is 9.79. The van der Waals surface area contributed by atoms with Crippen LogP contribution in [-0.2, 0) is 14.3 Å². The summed E-state index contributed by atoms with van der Waals surface area (Å²) >= 11 is 0. The molecule has 0 amide bonds. The van der Waals surface area contributed by atoms with Gasteiger partial charge >= 0.3 is 5.97 Å². The highest BCUT2D eigenvalue weighted by Gasteiger charge is 2.46. The molecule has 2 fully saturated rings. The molecule has 0 radical (unpaired) electrons. The monoisotopic (exact) mass is 200 g/mol. The Morgan fingerprint density at radius 1 is 1.57 bits per heavy atom. The van der Waals surface area contributed by atoms with Crippen LogP contribution >= 0.6 is 0 Å². The maximum Gasteiger partial charge on any atom is 0.306 e. The molecule has 0 aromatic rings. The SMILES string of the molecule is CC1(C2CCC2)OCC(CC(=O)O)O1. The molecule has 1 aliphatic heterocycles. The number of aliphatic carboxylic acids is 1. The molecule has 1 heterocycles. The van der Waals surface area contributed by atoms with E-state index in [1.54, 1.807) is 0 Å².